The Kier molecular flexibility index (Phi) is 5.60. The fourth-order valence-electron chi connectivity index (χ4n) is 2.61. The number of hydrogen-bond acceptors (Lipinski definition) is 4. The molecule has 114 valence electrons. The molecule has 1 aromatic rings. The van der Waals surface area contributed by atoms with Gasteiger partial charge in [0.15, 0.2) is 0 Å². The van der Waals surface area contributed by atoms with Crippen molar-refractivity contribution in [3.63, 3.8) is 0 Å². The molecule has 1 aliphatic rings. The molecule has 0 bridgehead atoms. The normalized spacial score (nSPS) is 23.9. The van der Waals surface area contributed by atoms with E-state index in [1.165, 1.54) is 24.2 Å². The first kappa shape index (κ1) is 15.9. The zero-order chi connectivity index (χ0) is 14.6. The molecule has 0 aliphatic heterocycles. The molecular formula is C14H24N2O2S2. The quantitative estimate of drug-likeness (QED) is 0.846. The van der Waals surface area contributed by atoms with Crippen LogP contribution in [0, 0.1) is 11.8 Å². The molecule has 4 nitrogen and oxygen atoms in total. The van der Waals surface area contributed by atoms with Crippen molar-refractivity contribution in [2.45, 2.75) is 43.2 Å². The Hall–Kier alpha value is -0.430. The van der Waals surface area contributed by atoms with Gasteiger partial charge in [-0.3, -0.25) is 0 Å². The molecule has 0 radical (unpaired) electrons. The summed E-state index contributed by atoms with van der Waals surface area (Å²) in [5.74, 6) is 1.28. The summed E-state index contributed by atoms with van der Waals surface area (Å²) in [4.78, 5) is 1.03. The van der Waals surface area contributed by atoms with Crippen LogP contribution in [-0.2, 0) is 16.4 Å². The van der Waals surface area contributed by atoms with Crippen LogP contribution in [0.25, 0.3) is 0 Å². The van der Waals surface area contributed by atoms with Gasteiger partial charge in [0, 0.05) is 11.4 Å². The van der Waals surface area contributed by atoms with E-state index in [1.54, 1.807) is 6.07 Å². The second-order valence-corrected chi connectivity index (χ2v) is 8.90. The monoisotopic (exact) mass is 316 g/mol. The Balaban J connectivity index is 1.90. The van der Waals surface area contributed by atoms with Crippen LogP contribution in [0.15, 0.2) is 16.3 Å². The standard InChI is InChI=1S/C14H24N2O2S2/c1-11-2-4-12(5-3-11)10-16-20(17,18)14-7-6-13(19-14)8-9-15/h6-7,11-12,16H,2-5,8-10,15H2,1H3. The number of thiophene rings is 1. The van der Waals surface area contributed by atoms with Gasteiger partial charge >= 0.3 is 0 Å². The van der Waals surface area contributed by atoms with Crippen LogP contribution in [0.1, 0.15) is 37.5 Å². The van der Waals surface area contributed by atoms with Crippen molar-refractivity contribution in [1.29, 1.82) is 0 Å². The molecule has 6 heteroatoms. The molecule has 20 heavy (non-hydrogen) atoms. The molecule has 1 fully saturated rings. The molecule has 2 rings (SSSR count). The average molecular weight is 316 g/mol. The van der Waals surface area contributed by atoms with Crippen LogP contribution in [-0.4, -0.2) is 21.5 Å². The Morgan fingerprint density at radius 2 is 2.00 bits per heavy atom. The van der Waals surface area contributed by atoms with E-state index in [4.69, 9.17) is 5.73 Å². The number of rotatable bonds is 6. The summed E-state index contributed by atoms with van der Waals surface area (Å²) >= 11 is 1.32. The van der Waals surface area contributed by atoms with Gasteiger partial charge in [0.1, 0.15) is 4.21 Å². The molecule has 0 amide bonds. The van der Waals surface area contributed by atoms with Crippen molar-refractivity contribution in [2.75, 3.05) is 13.1 Å². The van der Waals surface area contributed by atoms with E-state index >= 15 is 0 Å². The molecule has 1 heterocycles. The molecule has 1 aromatic heterocycles. The number of nitrogens with one attached hydrogen (secondary N) is 1. The van der Waals surface area contributed by atoms with E-state index in [0.717, 1.165) is 30.1 Å². The van der Waals surface area contributed by atoms with E-state index in [-0.39, 0.29) is 0 Å². The van der Waals surface area contributed by atoms with E-state index in [9.17, 15) is 8.42 Å². The van der Waals surface area contributed by atoms with Crippen LogP contribution in [0.2, 0.25) is 0 Å². The zero-order valence-electron chi connectivity index (χ0n) is 12.0. The van der Waals surface area contributed by atoms with Gasteiger partial charge in [-0.2, -0.15) is 0 Å². The molecule has 1 aliphatic carbocycles. The van der Waals surface area contributed by atoms with Gasteiger partial charge in [-0.1, -0.05) is 19.8 Å². The Morgan fingerprint density at radius 1 is 1.30 bits per heavy atom. The van der Waals surface area contributed by atoms with Crippen LogP contribution in [0.4, 0.5) is 0 Å². The summed E-state index contributed by atoms with van der Waals surface area (Å²) in [5, 5.41) is 0. The van der Waals surface area contributed by atoms with Gasteiger partial charge in [-0.15, -0.1) is 11.3 Å². The zero-order valence-corrected chi connectivity index (χ0v) is 13.6. The molecule has 3 N–H and O–H groups in total. The minimum atomic E-state index is -3.34. The lowest BCUT2D eigenvalue weighted by molar-refractivity contribution is 0.290. The summed E-state index contributed by atoms with van der Waals surface area (Å²) in [6, 6.07) is 3.54. The highest BCUT2D eigenvalue weighted by molar-refractivity contribution is 7.91. The number of hydrogen-bond donors (Lipinski definition) is 2. The predicted octanol–water partition coefficient (Wildman–Crippen LogP) is 2.35. The van der Waals surface area contributed by atoms with Crippen molar-refractivity contribution >= 4 is 21.4 Å². The summed E-state index contributed by atoms with van der Waals surface area (Å²) in [7, 11) is -3.34. The summed E-state index contributed by atoms with van der Waals surface area (Å²) in [6.45, 7) is 3.39. The average Bonchev–Trinajstić information content (AvgIpc) is 2.88. The van der Waals surface area contributed by atoms with E-state index in [2.05, 4.69) is 11.6 Å². The molecular weight excluding hydrogens is 292 g/mol. The van der Waals surface area contributed by atoms with Gasteiger partial charge < -0.3 is 5.73 Å². The highest BCUT2D eigenvalue weighted by Gasteiger charge is 2.22. The van der Waals surface area contributed by atoms with Crippen LogP contribution < -0.4 is 10.5 Å². The van der Waals surface area contributed by atoms with Crippen LogP contribution >= 0.6 is 11.3 Å². The SMILES string of the molecule is CC1CCC(CNS(=O)(=O)c2ccc(CCN)s2)CC1. The van der Waals surface area contributed by atoms with Gasteiger partial charge in [-0.05, 0) is 49.8 Å². The first-order valence-corrected chi connectivity index (χ1v) is 9.59. The Bertz CT molecular complexity index is 517. The molecule has 0 unspecified atom stereocenters. The second-order valence-electron chi connectivity index (χ2n) is 5.74. The van der Waals surface area contributed by atoms with Crippen LogP contribution in [0.3, 0.4) is 0 Å². The predicted molar refractivity (Wildman–Crippen MR) is 83.4 cm³/mol. The van der Waals surface area contributed by atoms with Crippen molar-refractivity contribution in [2.24, 2.45) is 17.6 Å². The maximum atomic E-state index is 12.2. The minimum absolute atomic E-state index is 0.408. The largest absolute Gasteiger partial charge is 0.330 e. The molecule has 0 spiro atoms. The third-order valence-electron chi connectivity index (χ3n) is 3.99. The molecule has 1 saturated carbocycles. The maximum Gasteiger partial charge on any atom is 0.250 e. The first-order valence-electron chi connectivity index (χ1n) is 7.29. The third kappa shape index (κ3) is 4.28. The highest BCUT2D eigenvalue weighted by atomic mass is 32.2. The first-order chi connectivity index (χ1) is 9.51. The van der Waals surface area contributed by atoms with E-state index < -0.39 is 10.0 Å². The van der Waals surface area contributed by atoms with E-state index in [1.807, 2.05) is 6.07 Å². The summed E-state index contributed by atoms with van der Waals surface area (Å²) in [5.41, 5.74) is 5.49. The lowest BCUT2D eigenvalue weighted by Gasteiger charge is -2.26. The van der Waals surface area contributed by atoms with Gasteiger partial charge in [0.2, 0.25) is 10.0 Å². The molecule has 0 aromatic carbocycles. The molecule has 0 atom stereocenters. The van der Waals surface area contributed by atoms with Crippen LogP contribution in [0.5, 0.6) is 0 Å². The van der Waals surface area contributed by atoms with Crippen molar-refractivity contribution < 1.29 is 8.42 Å². The number of sulfonamides is 1. The van der Waals surface area contributed by atoms with Crippen molar-refractivity contribution in [3.8, 4) is 0 Å². The molecule has 0 saturated heterocycles. The van der Waals surface area contributed by atoms with Crippen molar-refractivity contribution in [1.82, 2.24) is 4.72 Å². The van der Waals surface area contributed by atoms with Gasteiger partial charge in [-0.25, -0.2) is 13.1 Å². The van der Waals surface area contributed by atoms with Crippen molar-refractivity contribution in [3.05, 3.63) is 17.0 Å². The smallest absolute Gasteiger partial charge is 0.250 e. The highest BCUT2D eigenvalue weighted by Crippen LogP contribution is 2.28. The Morgan fingerprint density at radius 3 is 2.65 bits per heavy atom. The Labute approximate surface area is 125 Å². The minimum Gasteiger partial charge on any atom is -0.330 e. The van der Waals surface area contributed by atoms with Gasteiger partial charge in [0.05, 0.1) is 0 Å². The maximum absolute atomic E-state index is 12.2. The number of nitrogens with two attached hydrogens (primary N) is 1. The fourth-order valence-corrected chi connectivity index (χ4v) is 5.14. The second kappa shape index (κ2) is 7.02. The lowest BCUT2D eigenvalue weighted by Crippen LogP contribution is -2.30. The van der Waals surface area contributed by atoms with Gasteiger partial charge in [0.25, 0.3) is 0 Å². The lowest BCUT2D eigenvalue weighted by atomic mass is 9.83. The third-order valence-corrected chi connectivity index (χ3v) is 7.05. The van der Waals surface area contributed by atoms with E-state index in [0.29, 0.717) is 23.2 Å². The topological polar surface area (TPSA) is 72.2 Å². The fraction of sp³-hybridized carbons (Fsp3) is 0.714. The summed E-state index contributed by atoms with van der Waals surface area (Å²) < 4.78 is 27.6. The summed E-state index contributed by atoms with van der Waals surface area (Å²) in [6.07, 6.45) is 5.43.